The summed E-state index contributed by atoms with van der Waals surface area (Å²) < 4.78 is 81.6. The van der Waals surface area contributed by atoms with Crippen molar-refractivity contribution < 1.29 is 30.4 Å². The molecule has 0 spiro atoms. The first-order valence-electron chi connectivity index (χ1n) is 22.7. The van der Waals surface area contributed by atoms with Gasteiger partial charge in [-0.2, -0.15) is 35.4 Å². The Kier molecular flexibility index (Phi) is 21.6. The zero-order valence-electron chi connectivity index (χ0n) is 41.9. The van der Waals surface area contributed by atoms with E-state index in [4.69, 9.17) is 28.9 Å². The summed E-state index contributed by atoms with van der Waals surface area (Å²) in [6.07, 6.45) is 5.41. The van der Waals surface area contributed by atoms with Crippen molar-refractivity contribution in [1.29, 1.82) is 0 Å². The van der Waals surface area contributed by atoms with Crippen LogP contribution in [0.3, 0.4) is 0 Å². The first-order chi connectivity index (χ1) is 35.6. The fraction of sp³-hybridized carbons (Fsp3) is 0.400. The standard InChI is InChI=1S/C22H27ClFN9O2S2.C13H12ClFN6S.C9H15N3O3S.CH4/c1-13-14(2)33(37(34,35)32(3)4)17(28-13)7-10-25-11-8-18-29-19-20(30-22(23)31-21(19)36-18)27-12-16-15(24)6-5-9-26-16;14-13-20-11(18-6-8-7(15)2-1-5-17-8)10-12(21-13)22-9(19-10)3-4-16;1-7-8(2)12(9(10-7)5-6-13)16(14,15)11(3)4;/h5-6,9,25H,7-8,10-12H2,1-4H3,(H,27,30,31);1-2,5H,3-4,6,16H2,(H,18,20,21);6H,5H2,1-4H3;1H4. The van der Waals surface area contributed by atoms with Gasteiger partial charge in [0.15, 0.2) is 21.3 Å². The van der Waals surface area contributed by atoms with Gasteiger partial charge < -0.3 is 26.5 Å². The number of anilines is 2. The maximum absolute atomic E-state index is 13.9. The number of rotatable bonds is 20. The summed E-state index contributed by atoms with van der Waals surface area (Å²) >= 11 is 14.8. The minimum Gasteiger partial charge on any atom is -0.362 e. The fourth-order valence-corrected chi connectivity index (χ4v) is 11.5. The summed E-state index contributed by atoms with van der Waals surface area (Å²) in [6, 6.07) is 5.77. The highest BCUT2D eigenvalue weighted by Crippen LogP contribution is 2.29. The summed E-state index contributed by atoms with van der Waals surface area (Å²) in [5.74, 6) is 0.812. The molecule has 0 saturated heterocycles. The van der Waals surface area contributed by atoms with E-state index in [0.717, 1.165) is 18.3 Å². The third kappa shape index (κ3) is 14.8. The number of pyridine rings is 2. The van der Waals surface area contributed by atoms with Crippen molar-refractivity contribution in [2.45, 2.75) is 73.9 Å². The summed E-state index contributed by atoms with van der Waals surface area (Å²) in [5, 5.41) is 11.3. The van der Waals surface area contributed by atoms with Crippen LogP contribution in [0.2, 0.25) is 10.6 Å². The molecule has 0 aromatic carbocycles. The maximum Gasteiger partial charge on any atom is 0.308 e. The van der Waals surface area contributed by atoms with Gasteiger partial charge in [0, 0.05) is 72.9 Å². The molecule has 0 unspecified atom stereocenters. The van der Waals surface area contributed by atoms with E-state index in [-0.39, 0.29) is 54.8 Å². The average Bonchev–Trinajstić information content (AvgIpc) is 4.11. The summed E-state index contributed by atoms with van der Waals surface area (Å²) in [7, 11) is -1.39. The first-order valence-corrected chi connectivity index (χ1v) is 27.9. The lowest BCUT2D eigenvalue weighted by molar-refractivity contribution is -0.107. The number of nitrogens with one attached hydrogen (secondary N) is 3. The molecule has 23 nitrogen and oxygen atoms in total. The predicted molar refractivity (Wildman–Crippen MR) is 292 cm³/mol. The summed E-state index contributed by atoms with van der Waals surface area (Å²) in [4.78, 5) is 54.2. The van der Waals surface area contributed by atoms with Crippen molar-refractivity contribution >= 4 is 105 Å². The van der Waals surface area contributed by atoms with Gasteiger partial charge in [0.1, 0.15) is 40.6 Å². The highest BCUT2D eigenvalue weighted by atomic mass is 35.5. The summed E-state index contributed by atoms with van der Waals surface area (Å²) in [5.41, 5.74) is 9.69. The first kappa shape index (κ1) is 61.0. The highest BCUT2D eigenvalue weighted by Gasteiger charge is 2.26. The molecular weight excluding hydrogens is 1110 g/mol. The number of thiazole rings is 2. The Balaban J connectivity index is 0.000000232. The van der Waals surface area contributed by atoms with Gasteiger partial charge in [-0.15, -0.1) is 0 Å². The van der Waals surface area contributed by atoms with Crippen LogP contribution in [0.25, 0.3) is 20.7 Å². The van der Waals surface area contributed by atoms with Crippen LogP contribution in [0.4, 0.5) is 20.4 Å². The lowest BCUT2D eigenvalue weighted by Crippen LogP contribution is -2.32. The molecule has 31 heteroatoms. The average molecular weight is 1170 g/mol. The fourth-order valence-electron chi connectivity index (χ4n) is 6.84. The van der Waals surface area contributed by atoms with Crippen LogP contribution in [0, 0.1) is 39.3 Å². The van der Waals surface area contributed by atoms with E-state index in [0.29, 0.717) is 112 Å². The van der Waals surface area contributed by atoms with Crippen LogP contribution in [-0.2, 0) is 64.0 Å². The second kappa shape index (κ2) is 26.9. The molecule has 0 radical (unpaired) electrons. The summed E-state index contributed by atoms with van der Waals surface area (Å²) in [6.45, 7) is 8.89. The van der Waals surface area contributed by atoms with Gasteiger partial charge in [0.25, 0.3) is 0 Å². The predicted octanol–water partition coefficient (Wildman–Crippen LogP) is 5.65. The number of nitrogens with zero attached hydrogens (tertiary/aromatic N) is 14. The van der Waals surface area contributed by atoms with E-state index >= 15 is 0 Å². The zero-order chi connectivity index (χ0) is 54.8. The monoisotopic (exact) mass is 1170 g/mol. The Morgan fingerprint density at radius 1 is 0.658 bits per heavy atom. The SMILES string of the molecule is C.Cc1nc(CC=O)n(S(=O)(=O)N(C)C)c1C.Cc1nc(CCNCCc2nc3c(NCc4ncccc4F)nc(Cl)nc3s2)n(S(=O)(=O)N(C)C)c1C.NCCc1nc2c(NCc3ncccc3F)nc(Cl)nc2s1. The Hall–Kier alpha value is -5.89. The van der Waals surface area contributed by atoms with E-state index < -0.39 is 26.2 Å². The molecule has 0 aliphatic carbocycles. The number of fused-ring (bicyclic) bond motifs is 2. The molecule has 5 N–H and O–H groups in total. The van der Waals surface area contributed by atoms with Crippen LogP contribution < -0.4 is 21.7 Å². The third-order valence-corrected chi connectivity index (χ3v) is 16.9. The smallest absolute Gasteiger partial charge is 0.308 e. The minimum absolute atomic E-state index is 0. The third-order valence-electron chi connectivity index (χ3n) is 10.8. The molecule has 0 fully saturated rings. The second-order valence-electron chi connectivity index (χ2n) is 16.4. The molecule has 8 heterocycles. The largest absolute Gasteiger partial charge is 0.362 e. The van der Waals surface area contributed by atoms with Gasteiger partial charge in [0.2, 0.25) is 10.6 Å². The topological polar surface area (TPSA) is 293 Å². The van der Waals surface area contributed by atoms with E-state index in [2.05, 4.69) is 65.8 Å². The van der Waals surface area contributed by atoms with Crippen molar-refractivity contribution in [1.82, 2.24) is 71.7 Å². The Morgan fingerprint density at radius 3 is 1.53 bits per heavy atom. The molecule has 0 aliphatic heterocycles. The van der Waals surface area contributed by atoms with Crippen molar-refractivity contribution in [3.8, 4) is 0 Å². The number of aromatic nitrogens is 12. The van der Waals surface area contributed by atoms with E-state index in [1.54, 1.807) is 27.7 Å². The number of carbonyl (C=O) groups is 1. The van der Waals surface area contributed by atoms with Gasteiger partial charge in [-0.1, -0.05) is 30.1 Å². The quantitative estimate of drug-likeness (QED) is 0.0407. The van der Waals surface area contributed by atoms with E-state index in [1.165, 1.54) is 95.8 Å². The second-order valence-corrected chi connectivity index (χ2v) is 23.2. The van der Waals surface area contributed by atoms with Gasteiger partial charge >= 0.3 is 20.4 Å². The molecule has 8 aromatic rings. The van der Waals surface area contributed by atoms with Crippen molar-refractivity contribution in [3.05, 3.63) is 115 Å². The molecule has 410 valence electrons. The van der Waals surface area contributed by atoms with Crippen LogP contribution >= 0.6 is 45.9 Å². The number of aryl methyl sites for hydroxylation is 2. The van der Waals surface area contributed by atoms with Crippen molar-refractivity contribution in [2.75, 3.05) is 58.5 Å². The number of carbonyl (C=O) groups excluding carboxylic acids is 1. The molecule has 0 aliphatic rings. The van der Waals surface area contributed by atoms with Gasteiger partial charge in [-0.05, 0) is 81.7 Å². The van der Waals surface area contributed by atoms with Gasteiger partial charge in [-0.25, -0.2) is 46.6 Å². The number of nitrogens with two attached hydrogens (primary N) is 1. The molecule has 0 saturated carbocycles. The molecular formula is C45H58Cl2F2N18O5S4. The molecule has 8 aromatic heterocycles. The molecule has 8 rings (SSSR count). The van der Waals surface area contributed by atoms with E-state index in [9.17, 15) is 30.4 Å². The zero-order valence-corrected chi connectivity index (χ0v) is 46.7. The highest BCUT2D eigenvalue weighted by molar-refractivity contribution is 7.87. The van der Waals surface area contributed by atoms with Crippen LogP contribution in [0.15, 0.2) is 36.7 Å². The van der Waals surface area contributed by atoms with Crippen LogP contribution in [-0.4, -0.2) is 137 Å². The number of imidazole rings is 2. The number of hydrogen-bond acceptors (Lipinski definition) is 21. The lowest BCUT2D eigenvalue weighted by Gasteiger charge is -2.16. The molecule has 76 heavy (non-hydrogen) atoms. The number of halogens is 4. The van der Waals surface area contributed by atoms with Gasteiger partial charge in [0.05, 0.1) is 63.7 Å². The van der Waals surface area contributed by atoms with Crippen molar-refractivity contribution in [2.24, 2.45) is 5.73 Å². The Bertz CT molecular complexity index is 3520. The Labute approximate surface area is 457 Å². The van der Waals surface area contributed by atoms with Crippen LogP contribution in [0.5, 0.6) is 0 Å². The number of aldehydes is 1. The molecule has 0 amide bonds. The lowest BCUT2D eigenvalue weighted by atomic mass is 10.3. The van der Waals surface area contributed by atoms with Crippen molar-refractivity contribution in [3.63, 3.8) is 0 Å². The number of hydrogen-bond donors (Lipinski definition) is 4. The maximum atomic E-state index is 13.9. The van der Waals surface area contributed by atoms with Crippen LogP contribution in [0.1, 0.15) is 63.3 Å². The minimum atomic E-state index is -3.65. The Morgan fingerprint density at radius 2 is 1.09 bits per heavy atom. The van der Waals surface area contributed by atoms with E-state index in [1.807, 2.05) is 0 Å². The van der Waals surface area contributed by atoms with Gasteiger partial charge in [-0.3, -0.25) is 9.97 Å². The normalized spacial score (nSPS) is 11.6. The molecule has 0 atom stereocenters. The molecule has 0 bridgehead atoms.